The molecule has 0 atom stereocenters. The first-order valence-corrected chi connectivity index (χ1v) is 7.11. The molecule has 0 bridgehead atoms. The molecule has 1 aliphatic heterocycles. The molecule has 0 saturated heterocycles. The van der Waals surface area contributed by atoms with E-state index in [0.29, 0.717) is 28.4 Å². The van der Waals surface area contributed by atoms with Gasteiger partial charge in [-0.1, -0.05) is 18.2 Å². The topological polar surface area (TPSA) is 56.8 Å². The third-order valence-electron chi connectivity index (χ3n) is 3.76. The van der Waals surface area contributed by atoms with Crippen molar-refractivity contribution in [2.45, 2.75) is 0 Å². The van der Waals surface area contributed by atoms with Crippen molar-refractivity contribution in [2.75, 3.05) is 26.6 Å². The highest BCUT2D eigenvalue weighted by molar-refractivity contribution is 6.35. The maximum absolute atomic E-state index is 12.3. The number of rotatable bonds is 4. The summed E-state index contributed by atoms with van der Waals surface area (Å²) in [5.41, 5.74) is 2.87. The molecule has 23 heavy (non-hydrogen) atoms. The smallest absolute Gasteiger partial charge is 0.256 e. The predicted molar refractivity (Wildman–Crippen MR) is 89.0 cm³/mol. The van der Waals surface area contributed by atoms with E-state index in [2.05, 4.69) is 5.32 Å². The molecular formula is C18H17NO4. The van der Waals surface area contributed by atoms with Gasteiger partial charge in [-0.25, -0.2) is 0 Å². The van der Waals surface area contributed by atoms with E-state index in [9.17, 15) is 4.79 Å². The largest absolute Gasteiger partial charge is 0.496 e. The van der Waals surface area contributed by atoms with Crippen LogP contribution in [0.15, 0.2) is 36.4 Å². The Balaban J connectivity index is 2.21. The first kappa shape index (κ1) is 15.0. The van der Waals surface area contributed by atoms with Gasteiger partial charge in [0, 0.05) is 16.8 Å². The molecule has 0 unspecified atom stereocenters. The Bertz CT molecular complexity index is 796. The molecule has 1 heterocycles. The van der Waals surface area contributed by atoms with Crippen molar-refractivity contribution in [3.8, 4) is 17.2 Å². The van der Waals surface area contributed by atoms with Crippen molar-refractivity contribution in [1.82, 2.24) is 0 Å². The zero-order valence-electron chi connectivity index (χ0n) is 13.2. The van der Waals surface area contributed by atoms with Crippen LogP contribution in [0.5, 0.6) is 17.2 Å². The fourth-order valence-corrected chi connectivity index (χ4v) is 2.67. The van der Waals surface area contributed by atoms with E-state index in [1.54, 1.807) is 39.5 Å². The fourth-order valence-electron chi connectivity index (χ4n) is 2.67. The number of fused-ring (bicyclic) bond motifs is 1. The summed E-state index contributed by atoms with van der Waals surface area (Å²) in [6.45, 7) is 0. The van der Waals surface area contributed by atoms with Crippen LogP contribution in [0.2, 0.25) is 0 Å². The van der Waals surface area contributed by atoms with Crippen LogP contribution in [0.4, 0.5) is 5.69 Å². The number of amides is 1. The molecule has 118 valence electrons. The van der Waals surface area contributed by atoms with E-state index in [1.165, 1.54) is 0 Å². The molecule has 5 nitrogen and oxygen atoms in total. The summed E-state index contributed by atoms with van der Waals surface area (Å²) in [5.74, 6) is 1.55. The van der Waals surface area contributed by atoms with Gasteiger partial charge in [0.15, 0.2) is 11.5 Å². The number of carbonyl (C=O) groups excluding carboxylic acids is 1. The van der Waals surface area contributed by atoms with E-state index in [1.807, 2.05) is 24.3 Å². The minimum atomic E-state index is -0.155. The summed E-state index contributed by atoms with van der Waals surface area (Å²) in [7, 11) is 4.70. The van der Waals surface area contributed by atoms with Crippen LogP contribution < -0.4 is 19.5 Å². The predicted octanol–water partition coefficient (Wildman–Crippen LogP) is 3.21. The van der Waals surface area contributed by atoms with E-state index < -0.39 is 0 Å². The minimum absolute atomic E-state index is 0.155. The van der Waals surface area contributed by atoms with Crippen molar-refractivity contribution in [2.24, 2.45) is 0 Å². The Morgan fingerprint density at radius 3 is 2.30 bits per heavy atom. The first-order chi connectivity index (χ1) is 11.2. The van der Waals surface area contributed by atoms with Gasteiger partial charge in [-0.05, 0) is 24.3 Å². The average Bonchev–Trinajstić information content (AvgIpc) is 2.90. The summed E-state index contributed by atoms with van der Waals surface area (Å²) in [6, 6.07) is 11.1. The first-order valence-electron chi connectivity index (χ1n) is 7.11. The van der Waals surface area contributed by atoms with Gasteiger partial charge in [-0.2, -0.15) is 0 Å². The summed E-state index contributed by atoms with van der Waals surface area (Å²) in [4.78, 5) is 12.3. The summed E-state index contributed by atoms with van der Waals surface area (Å²) in [5, 5.41) is 2.85. The Hall–Kier alpha value is -2.95. The minimum Gasteiger partial charge on any atom is -0.496 e. The normalized spacial score (nSPS) is 14.4. The molecule has 2 aromatic carbocycles. The SMILES string of the molecule is COc1ccc(OC)c(OC)c1/C=C1\C(=O)Nc2ccccc21. The summed E-state index contributed by atoms with van der Waals surface area (Å²) in [6.07, 6.45) is 1.77. The molecule has 0 aromatic heterocycles. The van der Waals surface area contributed by atoms with Crippen LogP contribution in [0.25, 0.3) is 11.6 Å². The van der Waals surface area contributed by atoms with Gasteiger partial charge in [0.05, 0.1) is 26.9 Å². The van der Waals surface area contributed by atoms with E-state index in [4.69, 9.17) is 14.2 Å². The molecule has 2 aromatic rings. The van der Waals surface area contributed by atoms with Crippen molar-refractivity contribution in [3.63, 3.8) is 0 Å². The van der Waals surface area contributed by atoms with Gasteiger partial charge in [-0.15, -0.1) is 0 Å². The highest BCUT2D eigenvalue weighted by atomic mass is 16.5. The zero-order valence-corrected chi connectivity index (χ0v) is 13.2. The number of hydrogen-bond donors (Lipinski definition) is 1. The van der Waals surface area contributed by atoms with Crippen molar-refractivity contribution >= 4 is 23.2 Å². The molecule has 0 radical (unpaired) electrons. The third-order valence-corrected chi connectivity index (χ3v) is 3.76. The molecule has 3 rings (SSSR count). The van der Waals surface area contributed by atoms with Crippen LogP contribution in [0.1, 0.15) is 11.1 Å². The molecule has 1 amide bonds. The number of methoxy groups -OCH3 is 3. The lowest BCUT2D eigenvalue weighted by Gasteiger charge is -2.14. The number of carbonyl (C=O) groups is 1. The maximum Gasteiger partial charge on any atom is 0.256 e. The van der Waals surface area contributed by atoms with Gasteiger partial charge in [0.1, 0.15) is 5.75 Å². The van der Waals surface area contributed by atoms with E-state index in [-0.39, 0.29) is 5.91 Å². The monoisotopic (exact) mass is 311 g/mol. The van der Waals surface area contributed by atoms with Crippen molar-refractivity contribution < 1.29 is 19.0 Å². The second-order valence-corrected chi connectivity index (χ2v) is 4.97. The standard InChI is InChI=1S/C18H17NO4/c1-21-15-8-9-16(22-2)17(23-3)13(15)10-12-11-6-4-5-7-14(11)19-18(12)20/h4-10H,1-3H3,(H,19,20)/b12-10-. The Labute approximate surface area is 134 Å². The lowest BCUT2D eigenvalue weighted by atomic mass is 10.0. The van der Waals surface area contributed by atoms with Gasteiger partial charge < -0.3 is 19.5 Å². The van der Waals surface area contributed by atoms with E-state index >= 15 is 0 Å². The molecule has 5 heteroatoms. The zero-order chi connectivity index (χ0) is 16.4. The summed E-state index contributed by atoms with van der Waals surface area (Å²) >= 11 is 0. The Kier molecular flexibility index (Phi) is 3.93. The number of ether oxygens (including phenoxy) is 3. The number of benzene rings is 2. The second kappa shape index (κ2) is 6.04. The van der Waals surface area contributed by atoms with Gasteiger partial charge >= 0.3 is 0 Å². The molecule has 0 fully saturated rings. The fraction of sp³-hybridized carbons (Fsp3) is 0.167. The molecular weight excluding hydrogens is 294 g/mol. The number of nitrogens with one attached hydrogen (secondary N) is 1. The number of anilines is 1. The molecule has 0 saturated carbocycles. The molecule has 1 N–H and O–H groups in total. The van der Waals surface area contributed by atoms with Crippen LogP contribution in [-0.2, 0) is 4.79 Å². The lowest BCUT2D eigenvalue weighted by molar-refractivity contribution is -0.110. The van der Waals surface area contributed by atoms with Crippen LogP contribution >= 0.6 is 0 Å². The lowest BCUT2D eigenvalue weighted by Crippen LogP contribution is -2.04. The maximum atomic E-state index is 12.3. The van der Waals surface area contributed by atoms with Gasteiger partial charge in [0.2, 0.25) is 0 Å². The summed E-state index contributed by atoms with van der Waals surface area (Å²) < 4.78 is 16.2. The number of hydrogen-bond acceptors (Lipinski definition) is 4. The number of para-hydroxylation sites is 1. The van der Waals surface area contributed by atoms with E-state index in [0.717, 1.165) is 11.3 Å². The highest BCUT2D eigenvalue weighted by Gasteiger charge is 2.25. The Morgan fingerprint density at radius 1 is 0.913 bits per heavy atom. The van der Waals surface area contributed by atoms with Crippen LogP contribution in [0, 0.1) is 0 Å². The average molecular weight is 311 g/mol. The highest BCUT2D eigenvalue weighted by Crippen LogP contribution is 2.41. The van der Waals surface area contributed by atoms with Crippen molar-refractivity contribution in [3.05, 3.63) is 47.5 Å². The quantitative estimate of drug-likeness (QED) is 0.881. The molecule has 0 aliphatic carbocycles. The molecule has 1 aliphatic rings. The van der Waals surface area contributed by atoms with Gasteiger partial charge in [-0.3, -0.25) is 4.79 Å². The van der Waals surface area contributed by atoms with Crippen molar-refractivity contribution in [1.29, 1.82) is 0 Å². The molecule has 0 spiro atoms. The van der Waals surface area contributed by atoms with Gasteiger partial charge in [0.25, 0.3) is 5.91 Å². The second-order valence-electron chi connectivity index (χ2n) is 4.97. The van der Waals surface area contributed by atoms with Crippen LogP contribution in [0.3, 0.4) is 0 Å². The van der Waals surface area contributed by atoms with Crippen LogP contribution in [-0.4, -0.2) is 27.2 Å². The third kappa shape index (κ3) is 2.50. The Morgan fingerprint density at radius 2 is 1.61 bits per heavy atom.